The third-order valence-electron chi connectivity index (χ3n) is 1.39. The standard InChI is InChI=1S/C8H5FI2O/c1-4(12)5-2-6(10)8(9)7(11)3-5/h2-3H,1H3. The van der Waals surface area contributed by atoms with E-state index >= 15 is 0 Å². The summed E-state index contributed by atoms with van der Waals surface area (Å²) in [5, 5.41) is 0. The predicted octanol–water partition coefficient (Wildman–Crippen LogP) is 3.24. The van der Waals surface area contributed by atoms with E-state index in [-0.39, 0.29) is 11.6 Å². The molecule has 0 spiro atoms. The molecule has 1 nitrogen and oxygen atoms in total. The zero-order valence-corrected chi connectivity index (χ0v) is 10.5. The highest BCUT2D eigenvalue weighted by molar-refractivity contribution is 14.1. The molecule has 0 radical (unpaired) electrons. The fourth-order valence-electron chi connectivity index (χ4n) is 0.759. The van der Waals surface area contributed by atoms with Crippen LogP contribution in [-0.2, 0) is 0 Å². The summed E-state index contributed by atoms with van der Waals surface area (Å²) < 4.78 is 14.0. The molecular weight excluding hydrogens is 385 g/mol. The summed E-state index contributed by atoms with van der Waals surface area (Å²) in [6, 6.07) is 3.11. The molecule has 4 heteroatoms. The van der Waals surface area contributed by atoms with Crippen LogP contribution >= 0.6 is 45.2 Å². The van der Waals surface area contributed by atoms with Crippen LogP contribution in [-0.4, -0.2) is 5.78 Å². The molecule has 0 atom stereocenters. The third-order valence-corrected chi connectivity index (χ3v) is 2.96. The summed E-state index contributed by atoms with van der Waals surface area (Å²) in [7, 11) is 0. The zero-order valence-electron chi connectivity index (χ0n) is 6.20. The van der Waals surface area contributed by atoms with Gasteiger partial charge in [0.15, 0.2) is 5.78 Å². The number of ketones is 1. The monoisotopic (exact) mass is 390 g/mol. The Morgan fingerprint density at radius 2 is 1.75 bits per heavy atom. The van der Waals surface area contributed by atoms with Crippen LogP contribution in [0.3, 0.4) is 0 Å². The molecule has 1 aromatic rings. The fraction of sp³-hybridized carbons (Fsp3) is 0.125. The van der Waals surface area contributed by atoms with E-state index in [1.54, 1.807) is 12.1 Å². The number of halogens is 3. The van der Waals surface area contributed by atoms with Crippen LogP contribution in [0.4, 0.5) is 4.39 Å². The second-order valence-electron chi connectivity index (χ2n) is 2.31. The van der Waals surface area contributed by atoms with Gasteiger partial charge in [0, 0.05) is 5.56 Å². The first kappa shape index (κ1) is 10.4. The second kappa shape index (κ2) is 3.99. The van der Waals surface area contributed by atoms with Gasteiger partial charge in [-0.25, -0.2) is 4.39 Å². The molecular formula is C8H5FI2O. The maximum Gasteiger partial charge on any atom is 0.159 e. The van der Waals surface area contributed by atoms with Crippen LogP contribution in [0.2, 0.25) is 0 Å². The van der Waals surface area contributed by atoms with E-state index in [0.29, 0.717) is 12.7 Å². The van der Waals surface area contributed by atoms with E-state index in [9.17, 15) is 9.18 Å². The van der Waals surface area contributed by atoms with E-state index in [0.717, 1.165) is 0 Å². The molecule has 1 rings (SSSR count). The van der Waals surface area contributed by atoms with E-state index in [2.05, 4.69) is 0 Å². The Bertz CT molecular complexity index is 313. The number of carbonyl (C=O) groups is 1. The summed E-state index contributed by atoms with van der Waals surface area (Å²) in [6.07, 6.45) is 0. The third kappa shape index (κ3) is 2.15. The van der Waals surface area contributed by atoms with Crippen LogP contribution < -0.4 is 0 Å². The zero-order chi connectivity index (χ0) is 9.30. The van der Waals surface area contributed by atoms with Gasteiger partial charge in [-0.3, -0.25) is 4.79 Å². The van der Waals surface area contributed by atoms with Crippen LogP contribution in [0.15, 0.2) is 12.1 Å². The van der Waals surface area contributed by atoms with Crippen molar-refractivity contribution in [3.8, 4) is 0 Å². The molecule has 0 aromatic heterocycles. The lowest BCUT2D eigenvalue weighted by atomic mass is 10.1. The molecule has 0 aliphatic rings. The Kier molecular flexibility index (Phi) is 3.45. The van der Waals surface area contributed by atoms with Gasteiger partial charge in [0.25, 0.3) is 0 Å². The molecule has 0 saturated carbocycles. The molecule has 0 aliphatic heterocycles. The normalized spacial score (nSPS) is 10.0. The Morgan fingerprint density at radius 1 is 1.33 bits per heavy atom. The number of Topliss-reactive ketones (excluding diaryl/α,β-unsaturated/α-hetero) is 1. The lowest BCUT2D eigenvalue weighted by Crippen LogP contribution is -1.96. The van der Waals surface area contributed by atoms with Gasteiger partial charge < -0.3 is 0 Å². The van der Waals surface area contributed by atoms with Crippen LogP contribution in [0, 0.1) is 13.0 Å². The highest BCUT2D eigenvalue weighted by atomic mass is 127. The highest BCUT2D eigenvalue weighted by Crippen LogP contribution is 2.19. The van der Waals surface area contributed by atoms with E-state index in [4.69, 9.17) is 0 Å². The Labute approximate surface area is 97.0 Å². The van der Waals surface area contributed by atoms with E-state index in [1.807, 2.05) is 45.2 Å². The van der Waals surface area contributed by atoms with Gasteiger partial charge in [-0.05, 0) is 64.2 Å². The quantitative estimate of drug-likeness (QED) is 0.409. The van der Waals surface area contributed by atoms with Crippen molar-refractivity contribution >= 4 is 51.0 Å². The van der Waals surface area contributed by atoms with Gasteiger partial charge in [0.2, 0.25) is 0 Å². The Balaban J connectivity index is 3.31. The topological polar surface area (TPSA) is 17.1 Å². The number of hydrogen-bond acceptors (Lipinski definition) is 1. The minimum Gasteiger partial charge on any atom is -0.295 e. The lowest BCUT2D eigenvalue weighted by Gasteiger charge is -2.00. The molecule has 0 fully saturated rings. The van der Waals surface area contributed by atoms with Crippen molar-refractivity contribution in [3.63, 3.8) is 0 Å². The molecule has 0 saturated heterocycles. The largest absolute Gasteiger partial charge is 0.295 e. The van der Waals surface area contributed by atoms with Crippen molar-refractivity contribution in [1.82, 2.24) is 0 Å². The molecule has 12 heavy (non-hydrogen) atoms. The molecule has 1 aromatic carbocycles. The van der Waals surface area contributed by atoms with Crippen molar-refractivity contribution in [2.45, 2.75) is 6.92 Å². The predicted molar refractivity (Wildman–Crippen MR) is 61.8 cm³/mol. The van der Waals surface area contributed by atoms with Crippen molar-refractivity contribution in [1.29, 1.82) is 0 Å². The smallest absolute Gasteiger partial charge is 0.159 e. The molecule has 64 valence electrons. The van der Waals surface area contributed by atoms with Crippen LogP contribution in [0.5, 0.6) is 0 Å². The average molecular weight is 390 g/mol. The molecule has 0 bridgehead atoms. The fourth-order valence-corrected chi connectivity index (χ4v) is 2.53. The summed E-state index contributed by atoms with van der Waals surface area (Å²) in [4.78, 5) is 10.9. The highest BCUT2D eigenvalue weighted by Gasteiger charge is 2.08. The lowest BCUT2D eigenvalue weighted by molar-refractivity contribution is 0.101. The SMILES string of the molecule is CC(=O)c1cc(I)c(F)c(I)c1. The van der Waals surface area contributed by atoms with Crippen molar-refractivity contribution in [3.05, 3.63) is 30.7 Å². The molecule has 0 unspecified atom stereocenters. The maximum atomic E-state index is 13.0. The van der Waals surface area contributed by atoms with Gasteiger partial charge in [0.1, 0.15) is 5.82 Å². The van der Waals surface area contributed by atoms with Gasteiger partial charge in [-0.15, -0.1) is 0 Å². The van der Waals surface area contributed by atoms with Crippen molar-refractivity contribution in [2.24, 2.45) is 0 Å². The van der Waals surface area contributed by atoms with Gasteiger partial charge in [-0.2, -0.15) is 0 Å². The first-order valence-electron chi connectivity index (χ1n) is 3.18. The Morgan fingerprint density at radius 3 is 2.08 bits per heavy atom. The van der Waals surface area contributed by atoms with E-state index < -0.39 is 0 Å². The summed E-state index contributed by atoms with van der Waals surface area (Å²) in [5.41, 5.74) is 0.560. The molecule has 0 aliphatic carbocycles. The minimum atomic E-state index is -0.249. The van der Waals surface area contributed by atoms with Gasteiger partial charge >= 0.3 is 0 Å². The van der Waals surface area contributed by atoms with Crippen molar-refractivity contribution in [2.75, 3.05) is 0 Å². The van der Waals surface area contributed by atoms with E-state index in [1.165, 1.54) is 6.92 Å². The van der Waals surface area contributed by atoms with Crippen LogP contribution in [0.25, 0.3) is 0 Å². The summed E-state index contributed by atoms with van der Waals surface area (Å²) in [5.74, 6) is -0.285. The number of carbonyl (C=O) groups excluding carboxylic acids is 1. The van der Waals surface area contributed by atoms with Crippen LogP contribution in [0.1, 0.15) is 17.3 Å². The average Bonchev–Trinajstić information content (AvgIpc) is 1.99. The minimum absolute atomic E-state index is 0.0363. The molecule has 0 heterocycles. The number of benzene rings is 1. The number of rotatable bonds is 1. The Hall–Kier alpha value is 0.280. The van der Waals surface area contributed by atoms with Gasteiger partial charge in [0.05, 0.1) is 7.14 Å². The summed E-state index contributed by atoms with van der Waals surface area (Å²) >= 11 is 3.75. The number of hydrogen-bond donors (Lipinski definition) is 0. The van der Waals surface area contributed by atoms with Gasteiger partial charge in [-0.1, -0.05) is 0 Å². The maximum absolute atomic E-state index is 13.0. The first-order chi connectivity index (χ1) is 5.52. The summed E-state index contributed by atoms with van der Waals surface area (Å²) in [6.45, 7) is 1.47. The molecule has 0 N–H and O–H groups in total. The van der Waals surface area contributed by atoms with Crippen molar-refractivity contribution < 1.29 is 9.18 Å². The molecule has 0 amide bonds. The second-order valence-corrected chi connectivity index (χ2v) is 4.63. The first-order valence-corrected chi connectivity index (χ1v) is 5.33.